The second-order valence-corrected chi connectivity index (χ2v) is 5.15. The lowest BCUT2D eigenvalue weighted by Gasteiger charge is -2.26. The zero-order valence-electron chi connectivity index (χ0n) is 9.58. The molecule has 15 heavy (non-hydrogen) atoms. The summed E-state index contributed by atoms with van der Waals surface area (Å²) in [6.45, 7) is 7.38. The summed E-state index contributed by atoms with van der Waals surface area (Å²) in [4.78, 5) is 13.7. The lowest BCUT2D eigenvalue weighted by atomic mass is 10.3. The summed E-state index contributed by atoms with van der Waals surface area (Å²) in [5.74, 6) is 0.151. The van der Waals surface area contributed by atoms with E-state index in [9.17, 15) is 4.79 Å². The first-order chi connectivity index (χ1) is 7.22. The fourth-order valence-corrected chi connectivity index (χ4v) is 1.72. The lowest BCUT2D eigenvalue weighted by molar-refractivity contribution is -0.122. The van der Waals surface area contributed by atoms with Crippen molar-refractivity contribution in [1.82, 2.24) is 15.5 Å². The van der Waals surface area contributed by atoms with Gasteiger partial charge in [0, 0.05) is 38.0 Å². The van der Waals surface area contributed by atoms with Crippen molar-refractivity contribution in [3.05, 3.63) is 0 Å². The molecule has 1 heterocycles. The zero-order chi connectivity index (χ0) is 11.1. The van der Waals surface area contributed by atoms with E-state index in [0.717, 1.165) is 32.7 Å². The molecule has 0 bridgehead atoms. The fraction of sp³-hybridized carbons (Fsp3) is 0.900. The van der Waals surface area contributed by atoms with E-state index in [1.165, 1.54) is 0 Å². The highest BCUT2D eigenvalue weighted by molar-refractivity contribution is 7.99. The molecule has 5 heteroatoms. The quantitative estimate of drug-likeness (QED) is 0.685. The Kier molecular flexibility index (Phi) is 6.05. The number of piperazine rings is 1. The van der Waals surface area contributed by atoms with E-state index in [1.807, 2.05) is 0 Å². The molecule has 1 atom stereocenters. The van der Waals surface area contributed by atoms with Gasteiger partial charge in [-0.2, -0.15) is 11.8 Å². The topological polar surface area (TPSA) is 44.4 Å². The van der Waals surface area contributed by atoms with Gasteiger partial charge < -0.3 is 10.6 Å². The lowest BCUT2D eigenvalue weighted by Crippen LogP contribution is -2.48. The van der Waals surface area contributed by atoms with E-state index in [1.54, 1.807) is 11.8 Å². The second-order valence-electron chi connectivity index (χ2n) is 3.88. The normalized spacial score (nSPS) is 19.9. The Bertz CT molecular complexity index is 195. The fourth-order valence-electron chi connectivity index (χ4n) is 1.47. The minimum absolute atomic E-state index is 0.151. The Morgan fingerprint density at radius 1 is 1.53 bits per heavy atom. The molecule has 0 aliphatic carbocycles. The maximum atomic E-state index is 11.5. The van der Waals surface area contributed by atoms with Gasteiger partial charge >= 0.3 is 0 Å². The molecule has 1 aliphatic heterocycles. The Hall–Kier alpha value is -0.260. The summed E-state index contributed by atoms with van der Waals surface area (Å²) < 4.78 is 0. The van der Waals surface area contributed by atoms with Gasteiger partial charge in [-0.3, -0.25) is 9.69 Å². The average molecular weight is 231 g/mol. The van der Waals surface area contributed by atoms with E-state index in [0.29, 0.717) is 11.8 Å². The molecule has 1 aliphatic rings. The predicted molar refractivity (Wildman–Crippen MR) is 65.3 cm³/mol. The van der Waals surface area contributed by atoms with Gasteiger partial charge in [-0.1, -0.05) is 6.92 Å². The molecule has 1 unspecified atom stereocenters. The van der Waals surface area contributed by atoms with Crippen LogP contribution in [-0.2, 0) is 4.79 Å². The summed E-state index contributed by atoms with van der Waals surface area (Å²) in [5.41, 5.74) is 0. The number of carbonyl (C=O) groups excluding carboxylic acids is 1. The molecule has 0 spiro atoms. The number of thioether (sulfide) groups is 1. The highest BCUT2D eigenvalue weighted by Crippen LogP contribution is 2.02. The van der Waals surface area contributed by atoms with Gasteiger partial charge in [-0.25, -0.2) is 0 Å². The van der Waals surface area contributed by atoms with E-state index in [4.69, 9.17) is 0 Å². The third-order valence-corrected chi connectivity index (χ3v) is 3.54. The minimum Gasteiger partial charge on any atom is -0.354 e. The SMILES string of the molecule is CSC(C)CNC(=O)CN1CCNCC1. The molecular weight excluding hydrogens is 210 g/mol. The molecule has 88 valence electrons. The third kappa shape index (κ3) is 5.39. The average Bonchev–Trinajstić information content (AvgIpc) is 2.27. The van der Waals surface area contributed by atoms with E-state index in [-0.39, 0.29) is 5.91 Å². The van der Waals surface area contributed by atoms with Crippen molar-refractivity contribution in [2.75, 3.05) is 45.5 Å². The van der Waals surface area contributed by atoms with Crippen molar-refractivity contribution in [3.8, 4) is 0 Å². The van der Waals surface area contributed by atoms with Crippen LogP contribution in [0.5, 0.6) is 0 Å². The van der Waals surface area contributed by atoms with Crippen LogP contribution in [0.4, 0.5) is 0 Å². The molecule has 1 rings (SSSR count). The van der Waals surface area contributed by atoms with Crippen molar-refractivity contribution >= 4 is 17.7 Å². The van der Waals surface area contributed by atoms with Crippen molar-refractivity contribution in [1.29, 1.82) is 0 Å². The highest BCUT2D eigenvalue weighted by atomic mass is 32.2. The van der Waals surface area contributed by atoms with Crippen molar-refractivity contribution in [3.63, 3.8) is 0 Å². The summed E-state index contributed by atoms with van der Waals surface area (Å²) in [6, 6.07) is 0. The zero-order valence-corrected chi connectivity index (χ0v) is 10.4. The molecule has 0 saturated carbocycles. The van der Waals surface area contributed by atoms with Crippen LogP contribution in [0.1, 0.15) is 6.92 Å². The first-order valence-corrected chi connectivity index (χ1v) is 6.73. The van der Waals surface area contributed by atoms with Crippen LogP contribution in [0.25, 0.3) is 0 Å². The van der Waals surface area contributed by atoms with E-state index < -0.39 is 0 Å². The molecule has 0 radical (unpaired) electrons. The van der Waals surface area contributed by atoms with Gasteiger partial charge in [0.25, 0.3) is 0 Å². The number of rotatable bonds is 5. The molecular formula is C10H21N3OS. The van der Waals surface area contributed by atoms with Crippen LogP contribution < -0.4 is 10.6 Å². The van der Waals surface area contributed by atoms with Crippen molar-refractivity contribution < 1.29 is 4.79 Å². The van der Waals surface area contributed by atoms with Gasteiger partial charge in [0.1, 0.15) is 0 Å². The standard InChI is InChI=1S/C10H21N3OS/c1-9(15-2)7-12-10(14)8-13-5-3-11-4-6-13/h9,11H,3-8H2,1-2H3,(H,12,14). The number of carbonyl (C=O) groups is 1. The monoisotopic (exact) mass is 231 g/mol. The Morgan fingerprint density at radius 2 is 2.20 bits per heavy atom. The smallest absolute Gasteiger partial charge is 0.234 e. The Balaban J connectivity index is 2.11. The van der Waals surface area contributed by atoms with E-state index >= 15 is 0 Å². The van der Waals surface area contributed by atoms with Crippen LogP contribution in [0.15, 0.2) is 0 Å². The number of amides is 1. The number of hydrogen-bond donors (Lipinski definition) is 2. The summed E-state index contributed by atoms with van der Waals surface area (Å²) in [7, 11) is 0. The first kappa shape index (κ1) is 12.8. The van der Waals surface area contributed by atoms with Gasteiger partial charge in [0.15, 0.2) is 0 Å². The van der Waals surface area contributed by atoms with Crippen LogP contribution in [-0.4, -0.2) is 61.6 Å². The van der Waals surface area contributed by atoms with Gasteiger partial charge in [-0.05, 0) is 6.26 Å². The highest BCUT2D eigenvalue weighted by Gasteiger charge is 2.13. The van der Waals surface area contributed by atoms with Gasteiger partial charge in [-0.15, -0.1) is 0 Å². The Morgan fingerprint density at radius 3 is 2.80 bits per heavy atom. The number of nitrogens with one attached hydrogen (secondary N) is 2. The minimum atomic E-state index is 0.151. The number of hydrogen-bond acceptors (Lipinski definition) is 4. The Labute approximate surface area is 96.2 Å². The molecule has 1 amide bonds. The third-order valence-electron chi connectivity index (χ3n) is 2.57. The molecule has 0 aromatic carbocycles. The second kappa shape index (κ2) is 7.09. The molecule has 1 saturated heterocycles. The van der Waals surface area contributed by atoms with Gasteiger partial charge in [0.05, 0.1) is 6.54 Å². The molecule has 0 aromatic rings. The summed E-state index contributed by atoms with van der Waals surface area (Å²) >= 11 is 1.77. The predicted octanol–water partition coefficient (Wildman–Crippen LogP) is -0.241. The molecule has 4 nitrogen and oxygen atoms in total. The first-order valence-electron chi connectivity index (χ1n) is 5.45. The molecule has 2 N–H and O–H groups in total. The van der Waals surface area contributed by atoms with Crippen LogP contribution in [0.2, 0.25) is 0 Å². The number of nitrogens with zero attached hydrogens (tertiary/aromatic N) is 1. The largest absolute Gasteiger partial charge is 0.354 e. The van der Waals surface area contributed by atoms with Crippen molar-refractivity contribution in [2.24, 2.45) is 0 Å². The van der Waals surface area contributed by atoms with Crippen LogP contribution in [0.3, 0.4) is 0 Å². The summed E-state index contributed by atoms with van der Waals surface area (Å²) in [5, 5.41) is 6.73. The molecule has 0 aromatic heterocycles. The molecule has 1 fully saturated rings. The van der Waals surface area contributed by atoms with Crippen molar-refractivity contribution in [2.45, 2.75) is 12.2 Å². The van der Waals surface area contributed by atoms with Crippen LogP contribution >= 0.6 is 11.8 Å². The summed E-state index contributed by atoms with van der Waals surface area (Å²) in [6.07, 6.45) is 2.06. The van der Waals surface area contributed by atoms with Gasteiger partial charge in [0.2, 0.25) is 5.91 Å². The van der Waals surface area contributed by atoms with Crippen LogP contribution in [0, 0.1) is 0 Å². The maximum Gasteiger partial charge on any atom is 0.234 e. The maximum absolute atomic E-state index is 11.5. The van der Waals surface area contributed by atoms with E-state index in [2.05, 4.69) is 28.7 Å².